The van der Waals surface area contributed by atoms with Crippen LogP contribution in [0.2, 0.25) is 5.15 Å². The summed E-state index contributed by atoms with van der Waals surface area (Å²) in [6, 6.07) is 13.7. The van der Waals surface area contributed by atoms with Crippen molar-refractivity contribution in [1.82, 2.24) is 39.0 Å². The number of urea groups is 2. The fraction of sp³-hybridized carbons (Fsp3) is 0.348. The van der Waals surface area contributed by atoms with E-state index in [-0.39, 0.29) is 46.5 Å². The van der Waals surface area contributed by atoms with Crippen LogP contribution in [0.15, 0.2) is 108 Å². The fourth-order valence-corrected chi connectivity index (χ4v) is 8.77. The molecule has 6 aromatic rings. The molecule has 4 amide bonds. The Morgan fingerprint density at radius 3 is 1.71 bits per heavy atom. The van der Waals surface area contributed by atoms with Gasteiger partial charge < -0.3 is 28.2 Å². The molecule has 2 atom stereocenters. The molecule has 350 valence electrons. The van der Waals surface area contributed by atoms with Crippen molar-refractivity contribution >= 4 is 70.9 Å². The van der Waals surface area contributed by atoms with Gasteiger partial charge in [-0.25, -0.2) is 29.5 Å². The molecule has 0 radical (unpaired) electrons. The van der Waals surface area contributed by atoms with Gasteiger partial charge in [-0.05, 0) is 76.3 Å². The molecule has 0 spiro atoms. The van der Waals surface area contributed by atoms with E-state index in [1.807, 2.05) is 45.9 Å². The summed E-state index contributed by atoms with van der Waals surface area (Å²) in [6.07, 6.45) is 14.5. The van der Waals surface area contributed by atoms with Gasteiger partial charge in [0, 0.05) is 95.2 Å². The number of fused-ring (bicyclic) bond motifs is 8. The van der Waals surface area contributed by atoms with Crippen LogP contribution in [0.3, 0.4) is 0 Å². The molecular formula is C46H50BClN14O6. The van der Waals surface area contributed by atoms with Crippen LogP contribution in [-0.4, -0.2) is 108 Å². The van der Waals surface area contributed by atoms with Crippen molar-refractivity contribution in [3.8, 4) is 11.3 Å². The molecule has 6 aromatic heterocycles. The summed E-state index contributed by atoms with van der Waals surface area (Å²) in [5.41, 5.74) is 3.43. The van der Waals surface area contributed by atoms with E-state index in [1.54, 1.807) is 66.9 Å². The van der Waals surface area contributed by atoms with Crippen LogP contribution >= 0.6 is 11.6 Å². The number of pyridine rings is 4. The monoisotopic (exact) mass is 940 g/mol. The molecule has 0 aromatic carbocycles. The summed E-state index contributed by atoms with van der Waals surface area (Å²) < 4.78 is 14.9. The average molecular weight is 941 g/mol. The normalized spacial score (nSPS) is 19.0. The van der Waals surface area contributed by atoms with Crippen molar-refractivity contribution in [3.05, 3.63) is 124 Å². The number of hydrogen-bond donors (Lipinski definition) is 2. The van der Waals surface area contributed by atoms with Crippen LogP contribution in [0.25, 0.3) is 11.3 Å². The molecule has 5 aliphatic rings. The Hall–Kier alpha value is -7.23. The molecule has 0 unspecified atom stereocenters. The zero-order chi connectivity index (χ0) is 47.9. The number of aryl methyl sites for hydroxylation is 2. The largest absolute Gasteiger partial charge is 0.496 e. The third-order valence-electron chi connectivity index (χ3n) is 12.9. The third-order valence-corrected chi connectivity index (χ3v) is 13.1. The lowest BCUT2D eigenvalue weighted by atomic mass is 9.80. The van der Waals surface area contributed by atoms with Crippen LogP contribution in [0.4, 0.5) is 44.2 Å². The molecule has 0 aliphatic carbocycles. The first-order valence-electron chi connectivity index (χ1n) is 22.1. The molecule has 4 bridgehead atoms. The summed E-state index contributed by atoms with van der Waals surface area (Å²) in [5.74, 6) is 2.03. The van der Waals surface area contributed by atoms with Crippen molar-refractivity contribution < 1.29 is 18.9 Å². The van der Waals surface area contributed by atoms with Crippen LogP contribution in [0, 0.1) is 0 Å². The molecular weight excluding hydrogens is 891 g/mol. The van der Waals surface area contributed by atoms with Gasteiger partial charge in [0.05, 0.1) is 52.7 Å². The predicted molar refractivity (Wildman–Crippen MR) is 260 cm³/mol. The number of aromatic nitrogens is 8. The quantitative estimate of drug-likeness (QED) is 0.181. The Morgan fingerprint density at radius 1 is 0.676 bits per heavy atom. The van der Waals surface area contributed by atoms with E-state index in [1.165, 1.54) is 46.1 Å². The maximum atomic E-state index is 13.1. The molecule has 2 N–H and O–H groups in total. The third kappa shape index (κ3) is 9.23. The van der Waals surface area contributed by atoms with Gasteiger partial charge in [-0.15, -0.1) is 0 Å². The maximum Gasteiger partial charge on any atom is 0.496 e. The molecule has 68 heavy (non-hydrogen) atoms. The first-order valence-corrected chi connectivity index (χ1v) is 22.5. The second-order valence-corrected chi connectivity index (χ2v) is 18.3. The number of carbonyl (C=O) groups is 2. The molecule has 22 heteroatoms. The SMILES string of the molecule is Cn1cc(-c2ccc3c(n2)N(C(=O)Nc2cnccn2)[C@H]2CCN3C2)ccc1=O.Cn1cc(B2OC(C)(C)C(C)(C)O2)ccc1=O.O=C(Nc1cnccn1)N1c2nc(Cl)ccc2N2CC[C@H]1C2. The minimum Gasteiger partial charge on any atom is -0.399 e. The summed E-state index contributed by atoms with van der Waals surface area (Å²) in [7, 11) is 3.01. The van der Waals surface area contributed by atoms with E-state index >= 15 is 0 Å². The Bertz CT molecular complexity index is 2960. The van der Waals surface area contributed by atoms with E-state index in [4.69, 9.17) is 25.9 Å². The topological polar surface area (TPSA) is 211 Å². The first kappa shape index (κ1) is 45.9. The zero-order valence-electron chi connectivity index (χ0n) is 38.4. The number of carbonyl (C=O) groups excluding carboxylic acids is 2. The van der Waals surface area contributed by atoms with Crippen molar-refractivity contribution in [3.63, 3.8) is 0 Å². The van der Waals surface area contributed by atoms with E-state index in [2.05, 4.69) is 45.4 Å². The number of nitrogens with zero attached hydrogens (tertiary/aromatic N) is 12. The highest BCUT2D eigenvalue weighted by Crippen LogP contribution is 2.42. The standard InChI is InChI=1S/C20H19N7O2.C14H13ClN6O.C12H18BNO3/c1-25-11-13(2-5-18(25)28)15-3-4-16-19(23-15)27(14-6-9-26(16)12-14)20(29)24-17-10-21-7-8-22-17;15-11-2-1-10-13(18-11)21(9-3-6-20(10)8-9)14(22)19-12-7-16-4-5-17-12;1-11(2)12(3,4)17-13(16-11)9-6-7-10(15)14(5)8-9/h2-5,7-8,10-11,14H,6,9,12H2,1H3,(H,22,24,29);1-2,4-5,7,9H,3,6,8H2,(H,17,19,22);6-8H,1-5H3/t14-;9-;/m00./s1. The highest BCUT2D eigenvalue weighted by Gasteiger charge is 2.52. The van der Waals surface area contributed by atoms with Crippen molar-refractivity contribution in [1.29, 1.82) is 0 Å². The molecule has 5 aliphatic heterocycles. The Balaban J connectivity index is 0.000000132. The van der Waals surface area contributed by atoms with E-state index in [0.29, 0.717) is 34.1 Å². The van der Waals surface area contributed by atoms with Gasteiger partial charge >= 0.3 is 19.2 Å². The van der Waals surface area contributed by atoms with E-state index < -0.39 is 7.12 Å². The van der Waals surface area contributed by atoms with E-state index in [9.17, 15) is 19.2 Å². The lowest BCUT2D eigenvalue weighted by Gasteiger charge is -2.35. The van der Waals surface area contributed by atoms with Crippen LogP contribution in [0.1, 0.15) is 40.5 Å². The number of halogens is 1. The summed E-state index contributed by atoms with van der Waals surface area (Å²) >= 11 is 6.01. The Labute approximate surface area is 397 Å². The van der Waals surface area contributed by atoms with Gasteiger partial charge in [-0.2, -0.15) is 0 Å². The highest BCUT2D eigenvalue weighted by atomic mass is 35.5. The predicted octanol–water partition coefficient (Wildman–Crippen LogP) is 4.71. The lowest BCUT2D eigenvalue weighted by molar-refractivity contribution is 0.00578. The number of hydrogen-bond acceptors (Lipinski definition) is 14. The van der Waals surface area contributed by atoms with Crippen LogP contribution < -0.4 is 46.8 Å². The van der Waals surface area contributed by atoms with Gasteiger partial charge in [0.2, 0.25) is 11.1 Å². The second-order valence-electron chi connectivity index (χ2n) is 17.9. The number of nitrogens with one attached hydrogen (secondary N) is 2. The van der Waals surface area contributed by atoms with Gasteiger partial charge in [-0.3, -0.25) is 40.0 Å². The smallest absolute Gasteiger partial charge is 0.399 e. The second kappa shape index (κ2) is 18.5. The first-order chi connectivity index (χ1) is 32.5. The molecule has 3 saturated heterocycles. The molecule has 11 rings (SSSR count). The lowest BCUT2D eigenvalue weighted by Crippen LogP contribution is -2.48. The van der Waals surface area contributed by atoms with Gasteiger partial charge in [0.1, 0.15) is 5.15 Å². The van der Waals surface area contributed by atoms with Gasteiger partial charge in [-0.1, -0.05) is 17.7 Å². The molecule has 11 heterocycles. The average Bonchev–Trinajstić information content (AvgIpc) is 4.00. The molecule has 3 fully saturated rings. The number of anilines is 6. The van der Waals surface area contributed by atoms with Gasteiger partial charge in [0.15, 0.2) is 23.3 Å². The number of rotatable bonds is 4. The van der Waals surface area contributed by atoms with Crippen LogP contribution in [0.5, 0.6) is 0 Å². The number of amides is 4. The Morgan fingerprint density at radius 2 is 1.19 bits per heavy atom. The fourth-order valence-electron chi connectivity index (χ4n) is 8.63. The maximum absolute atomic E-state index is 13.1. The zero-order valence-corrected chi connectivity index (χ0v) is 39.2. The van der Waals surface area contributed by atoms with Gasteiger partial charge in [0.25, 0.3) is 0 Å². The summed E-state index contributed by atoms with van der Waals surface area (Å²) in [4.78, 5) is 82.0. The minimum absolute atomic E-state index is 0.0368. The highest BCUT2D eigenvalue weighted by molar-refractivity contribution is 6.62. The van der Waals surface area contributed by atoms with E-state index in [0.717, 1.165) is 61.4 Å². The van der Waals surface area contributed by atoms with Crippen molar-refractivity contribution in [2.45, 2.75) is 63.8 Å². The van der Waals surface area contributed by atoms with Crippen molar-refractivity contribution in [2.75, 3.05) is 56.4 Å². The summed E-state index contributed by atoms with van der Waals surface area (Å²) in [6.45, 7) is 11.4. The summed E-state index contributed by atoms with van der Waals surface area (Å²) in [5, 5.41) is 5.96. The van der Waals surface area contributed by atoms with Crippen LogP contribution in [-0.2, 0) is 23.4 Å². The molecule has 20 nitrogen and oxygen atoms in total. The minimum atomic E-state index is -0.410. The molecule has 0 saturated carbocycles. The Kier molecular flexibility index (Phi) is 12.5. The van der Waals surface area contributed by atoms with Crippen molar-refractivity contribution in [2.24, 2.45) is 14.1 Å².